The fraction of sp³-hybridized carbons (Fsp3) is 0.381. The van der Waals surface area contributed by atoms with Crippen molar-refractivity contribution in [2.45, 2.75) is 25.1 Å². The minimum atomic E-state index is -1.11. The van der Waals surface area contributed by atoms with Crippen molar-refractivity contribution in [2.75, 3.05) is 37.0 Å². The molecular weight excluding hydrogens is 485 g/mol. The lowest BCUT2D eigenvalue weighted by Crippen LogP contribution is -2.47. The minimum absolute atomic E-state index is 0.254. The van der Waals surface area contributed by atoms with Gasteiger partial charge in [-0.25, -0.2) is 9.37 Å². The first-order valence-corrected chi connectivity index (χ1v) is 10.8. The highest BCUT2D eigenvalue weighted by atomic mass is 79.9. The SMILES string of the molecule is COc1ccc(Nc2nc(N3CCC(O)(CO)CC3)nc3c(Br)c[nH]c(=O)c23)cc1CF. The summed E-state index contributed by atoms with van der Waals surface area (Å²) in [4.78, 5) is 26.3. The Balaban J connectivity index is 1.77. The number of nitrogens with one attached hydrogen (secondary N) is 2. The van der Waals surface area contributed by atoms with Gasteiger partial charge in [-0.15, -0.1) is 0 Å². The van der Waals surface area contributed by atoms with E-state index >= 15 is 0 Å². The van der Waals surface area contributed by atoms with Gasteiger partial charge in [0.15, 0.2) is 0 Å². The van der Waals surface area contributed by atoms with Crippen LogP contribution in [-0.4, -0.2) is 57.6 Å². The Hall–Kier alpha value is -2.76. The lowest BCUT2D eigenvalue weighted by molar-refractivity contribution is -0.0327. The number of nitrogens with zero attached hydrogens (tertiary/aromatic N) is 3. The predicted octanol–water partition coefficient (Wildman–Crippen LogP) is 2.63. The second-order valence-electron chi connectivity index (χ2n) is 7.72. The Kier molecular flexibility index (Phi) is 6.31. The smallest absolute Gasteiger partial charge is 0.261 e. The van der Waals surface area contributed by atoms with E-state index in [0.29, 0.717) is 58.9 Å². The molecule has 32 heavy (non-hydrogen) atoms. The van der Waals surface area contributed by atoms with Crippen LogP contribution < -0.4 is 20.5 Å². The quantitative estimate of drug-likeness (QED) is 0.401. The number of aromatic amines is 1. The van der Waals surface area contributed by atoms with E-state index in [1.165, 1.54) is 13.3 Å². The number of aromatic nitrogens is 3. The molecule has 0 saturated carbocycles. The molecule has 9 nitrogen and oxygen atoms in total. The molecule has 170 valence electrons. The number of ether oxygens (including phenoxy) is 1. The van der Waals surface area contributed by atoms with Crippen molar-refractivity contribution in [1.82, 2.24) is 15.0 Å². The van der Waals surface area contributed by atoms with E-state index in [4.69, 9.17) is 4.74 Å². The van der Waals surface area contributed by atoms with Crippen molar-refractivity contribution in [3.8, 4) is 5.75 Å². The maximum atomic E-state index is 13.4. The molecular formula is C21H23BrFN5O4. The number of anilines is 3. The lowest BCUT2D eigenvalue weighted by atomic mass is 9.93. The highest BCUT2D eigenvalue weighted by Gasteiger charge is 2.33. The van der Waals surface area contributed by atoms with E-state index in [0.717, 1.165) is 0 Å². The molecule has 3 heterocycles. The number of aliphatic hydroxyl groups is 2. The summed E-state index contributed by atoms with van der Waals surface area (Å²) in [5.74, 6) is 1.08. The summed E-state index contributed by atoms with van der Waals surface area (Å²) in [5.41, 5.74) is -0.159. The molecule has 1 aliphatic rings. The molecule has 0 unspecified atom stereocenters. The monoisotopic (exact) mass is 507 g/mol. The van der Waals surface area contributed by atoms with Crippen LogP contribution in [0.15, 0.2) is 33.7 Å². The maximum Gasteiger partial charge on any atom is 0.261 e. The molecule has 2 aromatic heterocycles. The zero-order valence-corrected chi connectivity index (χ0v) is 18.9. The second-order valence-corrected chi connectivity index (χ2v) is 8.57. The third kappa shape index (κ3) is 4.27. The van der Waals surface area contributed by atoms with Crippen molar-refractivity contribution in [1.29, 1.82) is 0 Å². The standard InChI is InChI=1S/C21H23BrFN5O4/c1-32-15-3-2-13(8-12(15)9-23)25-18-16-17(14(22)10-24-19(16)30)26-20(27-18)28-6-4-21(31,11-29)5-7-28/h2-3,8,10,29,31H,4-7,9,11H2,1H3,(H,24,30)(H,25,26,27). The van der Waals surface area contributed by atoms with Crippen LogP contribution in [0.5, 0.6) is 5.75 Å². The predicted molar refractivity (Wildman–Crippen MR) is 122 cm³/mol. The number of aliphatic hydroxyl groups excluding tert-OH is 1. The number of rotatable bonds is 6. The molecule has 0 bridgehead atoms. The highest BCUT2D eigenvalue weighted by molar-refractivity contribution is 9.10. The van der Waals surface area contributed by atoms with Crippen LogP contribution in [0.3, 0.4) is 0 Å². The van der Waals surface area contributed by atoms with E-state index < -0.39 is 12.3 Å². The van der Waals surface area contributed by atoms with Crippen molar-refractivity contribution < 1.29 is 19.3 Å². The van der Waals surface area contributed by atoms with Crippen molar-refractivity contribution in [3.05, 3.63) is 44.8 Å². The summed E-state index contributed by atoms with van der Waals surface area (Å²) in [5, 5.41) is 23.1. The molecule has 1 saturated heterocycles. The molecule has 4 rings (SSSR count). The average Bonchev–Trinajstić information content (AvgIpc) is 2.81. The Morgan fingerprint density at radius 2 is 2.09 bits per heavy atom. The Morgan fingerprint density at radius 3 is 2.75 bits per heavy atom. The zero-order chi connectivity index (χ0) is 22.9. The number of benzene rings is 1. The summed E-state index contributed by atoms with van der Waals surface area (Å²) in [6, 6.07) is 4.95. The van der Waals surface area contributed by atoms with Gasteiger partial charge in [0, 0.05) is 30.5 Å². The first kappa shape index (κ1) is 22.4. The highest BCUT2D eigenvalue weighted by Crippen LogP contribution is 2.32. The van der Waals surface area contributed by atoms with Gasteiger partial charge in [-0.2, -0.15) is 4.98 Å². The number of fused-ring (bicyclic) bond motifs is 1. The minimum Gasteiger partial charge on any atom is -0.496 e. The molecule has 0 atom stereocenters. The molecule has 4 N–H and O–H groups in total. The molecule has 0 aliphatic carbocycles. The third-order valence-electron chi connectivity index (χ3n) is 5.64. The second kappa shape index (κ2) is 9.00. The van der Waals surface area contributed by atoms with Crippen molar-refractivity contribution in [2.24, 2.45) is 0 Å². The fourth-order valence-corrected chi connectivity index (χ4v) is 4.12. The lowest BCUT2D eigenvalue weighted by Gasteiger charge is -2.37. The van der Waals surface area contributed by atoms with Gasteiger partial charge in [-0.1, -0.05) is 0 Å². The molecule has 1 fully saturated rings. The Labute approximate surface area is 191 Å². The summed E-state index contributed by atoms with van der Waals surface area (Å²) in [7, 11) is 1.47. The number of pyridine rings is 1. The zero-order valence-electron chi connectivity index (χ0n) is 17.4. The molecule has 0 amide bonds. The molecule has 11 heteroatoms. The van der Waals surface area contributed by atoms with Crippen LogP contribution in [0.4, 0.5) is 21.8 Å². The fourth-order valence-electron chi connectivity index (χ4n) is 3.72. The topological polar surface area (TPSA) is 124 Å². The summed E-state index contributed by atoms with van der Waals surface area (Å²) in [6.45, 7) is -0.127. The molecule has 0 radical (unpaired) electrons. The average molecular weight is 508 g/mol. The van der Waals surface area contributed by atoms with Gasteiger partial charge in [-0.3, -0.25) is 4.79 Å². The van der Waals surface area contributed by atoms with E-state index in [2.05, 4.69) is 36.2 Å². The molecule has 0 spiro atoms. The van der Waals surface area contributed by atoms with E-state index in [-0.39, 0.29) is 23.4 Å². The van der Waals surface area contributed by atoms with E-state index in [9.17, 15) is 19.4 Å². The number of methoxy groups -OCH3 is 1. The van der Waals surface area contributed by atoms with Crippen LogP contribution in [0.1, 0.15) is 18.4 Å². The van der Waals surface area contributed by atoms with Crippen LogP contribution in [0.25, 0.3) is 10.9 Å². The Bertz CT molecular complexity index is 1200. The van der Waals surface area contributed by atoms with Gasteiger partial charge < -0.3 is 30.2 Å². The molecule has 3 aromatic rings. The summed E-state index contributed by atoms with van der Waals surface area (Å²) < 4.78 is 19.2. The normalized spacial score (nSPS) is 15.7. The third-order valence-corrected chi connectivity index (χ3v) is 6.24. The van der Waals surface area contributed by atoms with Gasteiger partial charge in [0.25, 0.3) is 5.56 Å². The van der Waals surface area contributed by atoms with Gasteiger partial charge >= 0.3 is 0 Å². The van der Waals surface area contributed by atoms with Gasteiger partial charge in [0.05, 0.1) is 29.3 Å². The number of piperidine rings is 1. The van der Waals surface area contributed by atoms with E-state index in [1.54, 1.807) is 18.2 Å². The molecule has 1 aromatic carbocycles. The van der Waals surface area contributed by atoms with Gasteiger partial charge in [0.2, 0.25) is 5.95 Å². The van der Waals surface area contributed by atoms with Gasteiger partial charge in [0.1, 0.15) is 23.6 Å². The number of hydrogen-bond donors (Lipinski definition) is 4. The number of hydrogen-bond acceptors (Lipinski definition) is 8. The van der Waals surface area contributed by atoms with Crippen LogP contribution in [-0.2, 0) is 6.67 Å². The number of H-pyrrole nitrogens is 1. The number of alkyl halides is 1. The summed E-state index contributed by atoms with van der Waals surface area (Å²) in [6.07, 6.45) is 2.24. The van der Waals surface area contributed by atoms with Crippen LogP contribution in [0, 0.1) is 0 Å². The van der Waals surface area contributed by atoms with Crippen LogP contribution >= 0.6 is 15.9 Å². The largest absolute Gasteiger partial charge is 0.496 e. The van der Waals surface area contributed by atoms with E-state index in [1.807, 2.05) is 4.90 Å². The first-order valence-electron chi connectivity index (χ1n) is 10.0. The van der Waals surface area contributed by atoms with Crippen molar-refractivity contribution >= 4 is 44.3 Å². The van der Waals surface area contributed by atoms with Crippen LogP contribution in [0.2, 0.25) is 0 Å². The first-order chi connectivity index (χ1) is 15.4. The summed E-state index contributed by atoms with van der Waals surface area (Å²) >= 11 is 3.43. The van der Waals surface area contributed by atoms with Gasteiger partial charge in [-0.05, 0) is 47.0 Å². The van der Waals surface area contributed by atoms with Crippen molar-refractivity contribution in [3.63, 3.8) is 0 Å². The Morgan fingerprint density at radius 1 is 1.34 bits per heavy atom. The maximum absolute atomic E-state index is 13.4. The number of halogens is 2. The molecule has 1 aliphatic heterocycles.